The molecule has 0 radical (unpaired) electrons. The molecule has 0 fully saturated rings. The lowest BCUT2D eigenvalue weighted by Crippen LogP contribution is -2.08. The van der Waals surface area contributed by atoms with Crippen LogP contribution in [0.3, 0.4) is 0 Å². The van der Waals surface area contributed by atoms with Crippen LogP contribution in [0.4, 0.5) is 5.69 Å². The SMILES string of the molecule is CCO[PH](=O)c1cc(Oc2ncc(Cl)cc2Cl)c(C)cc1[N+](=O)[O-]. The molecule has 2 aromatic rings. The fourth-order valence-electron chi connectivity index (χ4n) is 1.89. The monoisotopic (exact) mass is 390 g/mol. The number of rotatable bonds is 6. The van der Waals surface area contributed by atoms with E-state index in [4.69, 9.17) is 32.5 Å². The molecule has 0 bridgehead atoms. The van der Waals surface area contributed by atoms with Gasteiger partial charge in [-0.25, -0.2) is 4.98 Å². The Balaban J connectivity index is 2.48. The topological polar surface area (TPSA) is 91.6 Å². The summed E-state index contributed by atoms with van der Waals surface area (Å²) in [6, 6.07) is 4.04. The number of hydrogen-bond acceptors (Lipinski definition) is 6. The molecule has 1 aromatic heterocycles. The first kappa shape index (κ1) is 18.7. The third-order valence-corrected chi connectivity index (χ3v) is 4.83. The molecule has 24 heavy (non-hydrogen) atoms. The molecule has 0 aliphatic heterocycles. The van der Waals surface area contributed by atoms with Gasteiger partial charge in [0.05, 0.1) is 16.6 Å². The van der Waals surface area contributed by atoms with Gasteiger partial charge in [-0.2, -0.15) is 0 Å². The van der Waals surface area contributed by atoms with E-state index >= 15 is 0 Å². The van der Waals surface area contributed by atoms with Crippen molar-refractivity contribution in [3.8, 4) is 11.6 Å². The van der Waals surface area contributed by atoms with Crippen LogP contribution >= 0.6 is 31.2 Å². The first-order valence-electron chi connectivity index (χ1n) is 6.78. The van der Waals surface area contributed by atoms with Gasteiger partial charge >= 0.3 is 0 Å². The number of nitro benzene ring substituents is 1. The molecule has 1 atom stereocenters. The van der Waals surface area contributed by atoms with Crippen molar-refractivity contribution in [2.24, 2.45) is 0 Å². The van der Waals surface area contributed by atoms with Gasteiger partial charge in [0.15, 0.2) is 0 Å². The number of nitro groups is 1. The highest BCUT2D eigenvalue weighted by molar-refractivity contribution is 7.48. The van der Waals surface area contributed by atoms with E-state index in [-0.39, 0.29) is 34.3 Å². The fraction of sp³-hybridized carbons (Fsp3) is 0.214. The largest absolute Gasteiger partial charge is 0.437 e. The predicted molar refractivity (Wildman–Crippen MR) is 92.4 cm³/mol. The van der Waals surface area contributed by atoms with Crippen LogP contribution in [0.1, 0.15) is 12.5 Å². The smallest absolute Gasteiger partial charge is 0.282 e. The van der Waals surface area contributed by atoms with Crippen LogP contribution < -0.4 is 10.0 Å². The lowest BCUT2D eigenvalue weighted by molar-refractivity contribution is -0.383. The maximum Gasteiger partial charge on any atom is 0.282 e. The molecule has 0 spiro atoms. The van der Waals surface area contributed by atoms with E-state index in [0.717, 1.165) is 0 Å². The van der Waals surface area contributed by atoms with Gasteiger partial charge in [-0.15, -0.1) is 0 Å². The van der Waals surface area contributed by atoms with E-state index in [0.29, 0.717) is 10.6 Å². The van der Waals surface area contributed by atoms with Crippen molar-refractivity contribution in [2.45, 2.75) is 13.8 Å². The zero-order valence-electron chi connectivity index (χ0n) is 12.7. The minimum atomic E-state index is -2.79. The van der Waals surface area contributed by atoms with Gasteiger partial charge < -0.3 is 9.26 Å². The zero-order chi connectivity index (χ0) is 17.9. The molecule has 1 unspecified atom stereocenters. The Morgan fingerprint density at radius 1 is 1.33 bits per heavy atom. The van der Waals surface area contributed by atoms with Crippen LogP contribution in [0.2, 0.25) is 10.0 Å². The maximum absolute atomic E-state index is 12.1. The molecule has 10 heteroatoms. The van der Waals surface area contributed by atoms with Crippen LogP contribution in [-0.2, 0) is 9.09 Å². The van der Waals surface area contributed by atoms with Crippen LogP contribution in [0.25, 0.3) is 0 Å². The van der Waals surface area contributed by atoms with E-state index in [9.17, 15) is 14.7 Å². The lowest BCUT2D eigenvalue weighted by Gasteiger charge is -2.11. The standard InChI is InChI=1S/C14H13Cl2N2O5P/c1-3-22-24(21)13-6-12(8(2)4-11(13)18(19)20)23-14-10(16)5-9(15)7-17-14/h4-7,24H,3H2,1-2H3. The highest BCUT2D eigenvalue weighted by atomic mass is 35.5. The van der Waals surface area contributed by atoms with Crippen molar-refractivity contribution in [1.82, 2.24) is 4.98 Å². The van der Waals surface area contributed by atoms with Gasteiger partial charge in [-0.1, -0.05) is 23.2 Å². The third-order valence-electron chi connectivity index (χ3n) is 2.97. The van der Waals surface area contributed by atoms with Crippen LogP contribution in [0.5, 0.6) is 11.6 Å². The normalized spacial score (nSPS) is 12.0. The number of aromatic nitrogens is 1. The van der Waals surface area contributed by atoms with Crippen LogP contribution in [0, 0.1) is 17.0 Å². The molecule has 128 valence electrons. The second kappa shape index (κ2) is 7.94. The minimum absolute atomic E-state index is 0.0301. The number of nitrogens with zero attached hydrogens (tertiary/aromatic N) is 2. The van der Waals surface area contributed by atoms with Crippen molar-refractivity contribution in [3.63, 3.8) is 0 Å². The summed E-state index contributed by atoms with van der Waals surface area (Å²) in [6.45, 7) is 3.44. The van der Waals surface area contributed by atoms with Gasteiger partial charge in [0, 0.05) is 18.3 Å². The Kier molecular flexibility index (Phi) is 6.18. The summed E-state index contributed by atoms with van der Waals surface area (Å²) in [5, 5.41) is 11.7. The van der Waals surface area contributed by atoms with Crippen molar-refractivity contribution in [1.29, 1.82) is 0 Å². The molecule has 1 aromatic carbocycles. The number of ether oxygens (including phenoxy) is 1. The number of halogens is 2. The summed E-state index contributed by atoms with van der Waals surface area (Å²) in [6.07, 6.45) is 1.35. The number of benzene rings is 1. The lowest BCUT2D eigenvalue weighted by atomic mass is 10.2. The Morgan fingerprint density at radius 3 is 2.62 bits per heavy atom. The van der Waals surface area contributed by atoms with Crippen molar-refractivity contribution in [3.05, 3.63) is 50.1 Å². The average Bonchev–Trinajstić information content (AvgIpc) is 2.51. The summed E-state index contributed by atoms with van der Waals surface area (Å²) in [5.41, 5.74) is 0.178. The number of hydrogen-bond donors (Lipinski definition) is 0. The molecule has 0 saturated carbocycles. The molecule has 7 nitrogen and oxygen atoms in total. The van der Waals surface area contributed by atoms with Crippen molar-refractivity contribution < 1.29 is 18.7 Å². The highest BCUT2D eigenvalue weighted by Crippen LogP contribution is 2.35. The molecule has 0 aliphatic carbocycles. The predicted octanol–water partition coefficient (Wildman–Crippen LogP) is 4.53. The van der Waals surface area contributed by atoms with Gasteiger partial charge in [-0.05, 0) is 25.5 Å². The van der Waals surface area contributed by atoms with E-state index in [1.165, 1.54) is 24.4 Å². The van der Waals surface area contributed by atoms with Crippen LogP contribution in [-0.4, -0.2) is 16.5 Å². The number of aryl methyl sites for hydroxylation is 1. The van der Waals surface area contributed by atoms with E-state index in [2.05, 4.69) is 4.98 Å². The van der Waals surface area contributed by atoms with E-state index in [1.54, 1.807) is 13.8 Å². The Labute approximate surface area is 148 Å². The van der Waals surface area contributed by atoms with E-state index < -0.39 is 13.0 Å². The summed E-state index contributed by atoms with van der Waals surface area (Å²) >= 11 is 11.8. The average molecular weight is 391 g/mol. The molecule has 1 heterocycles. The molecule has 2 rings (SSSR count). The van der Waals surface area contributed by atoms with E-state index in [1.807, 2.05) is 0 Å². The maximum atomic E-state index is 12.1. The van der Waals surface area contributed by atoms with Gasteiger partial charge in [0.2, 0.25) is 13.9 Å². The molecular weight excluding hydrogens is 378 g/mol. The summed E-state index contributed by atoms with van der Waals surface area (Å²) in [5.74, 6) is 0.324. The fourth-order valence-corrected chi connectivity index (χ4v) is 3.35. The van der Waals surface area contributed by atoms with Crippen molar-refractivity contribution >= 4 is 42.2 Å². The summed E-state index contributed by atoms with van der Waals surface area (Å²) in [4.78, 5) is 14.5. The Hall–Kier alpha value is -1.66. The molecule has 0 saturated heterocycles. The van der Waals surface area contributed by atoms with Gasteiger partial charge in [-0.3, -0.25) is 14.7 Å². The highest BCUT2D eigenvalue weighted by Gasteiger charge is 2.23. The Morgan fingerprint density at radius 2 is 2.04 bits per heavy atom. The molecule has 0 amide bonds. The first-order valence-corrected chi connectivity index (χ1v) is 8.85. The number of pyridine rings is 1. The molecule has 0 N–H and O–H groups in total. The second-order valence-electron chi connectivity index (χ2n) is 4.66. The van der Waals surface area contributed by atoms with Crippen LogP contribution in [0.15, 0.2) is 24.4 Å². The van der Waals surface area contributed by atoms with Gasteiger partial charge in [0.1, 0.15) is 16.1 Å². The van der Waals surface area contributed by atoms with Gasteiger partial charge in [0.25, 0.3) is 5.69 Å². The molecule has 0 aliphatic rings. The Bertz CT molecular complexity index is 816. The summed E-state index contributed by atoms with van der Waals surface area (Å²) < 4.78 is 22.8. The first-order chi connectivity index (χ1) is 11.3. The quantitative estimate of drug-likeness (QED) is 0.408. The summed E-state index contributed by atoms with van der Waals surface area (Å²) in [7, 11) is -2.79. The molecular formula is C14H13Cl2N2O5P. The zero-order valence-corrected chi connectivity index (χ0v) is 15.2. The van der Waals surface area contributed by atoms with Crippen molar-refractivity contribution in [2.75, 3.05) is 6.61 Å². The third kappa shape index (κ3) is 4.24. The second-order valence-corrected chi connectivity index (χ2v) is 6.90. The minimum Gasteiger partial charge on any atom is -0.437 e.